The Morgan fingerprint density at radius 2 is 2.04 bits per heavy atom. The number of nitrogens with zero attached hydrogens (tertiary/aromatic N) is 4. The lowest BCUT2D eigenvalue weighted by Gasteiger charge is -2.27. The standard InChI is InChI=1S/C19H26N4O4/c1-21(12-15-13-26-9-10-27-15)18(24)14-3-4-17-16(11-14)20-19(22(17)2)23-5-7-25-8-6-23/h3-4,11,15H,5-10,12-13H2,1-2H3. The van der Waals surface area contributed by atoms with Gasteiger partial charge in [0, 0.05) is 39.3 Å². The Hall–Kier alpha value is -2.16. The highest BCUT2D eigenvalue weighted by molar-refractivity contribution is 5.97. The van der Waals surface area contributed by atoms with Gasteiger partial charge in [-0.3, -0.25) is 4.79 Å². The lowest BCUT2D eigenvalue weighted by Crippen LogP contribution is -2.40. The van der Waals surface area contributed by atoms with Gasteiger partial charge in [-0.25, -0.2) is 4.98 Å². The van der Waals surface area contributed by atoms with Gasteiger partial charge in [0.1, 0.15) is 0 Å². The van der Waals surface area contributed by atoms with Crippen LogP contribution in [0, 0.1) is 0 Å². The van der Waals surface area contributed by atoms with Crippen molar-refractivity contribution in [2.24, 2.45) is 7.05 Å². The first-order valence-electron chi connectivity index (χ1n) is 9.37. The molecule has 27 heavy (non-hydrogen) atoms. The molecule has 2 aliphatic rings. The molecular formula is C19H26N4O4. The van der Waals surface area contributed by atoms with Gasteiger partial charge in [-0.2, -0.15) is 0 Å². The molecule has 1 atom stereocenters. The zero-order valence-electron chi connectivity index (χ0n) is 15.9. The van der Waals surface area contributed by atoms with Crippen LogP contribution in [0.25, 0.3) is 11.0 Å². The predicted octanol–water partition coefficient (Wildman–Crippen LogP) is 0.897. The van der Waals surface area contributed by atoms with Gasteiger partial charge in [0.25, 0.3) is 5.91 Å². The smallest absolute Gasteiger partial charge is 0.253 e. The molecule has 4 rings (SSSR count). The fraction of sp³-hybridized carbons (Fsp3) is 0.579. The van der Waals surface area contributed by atoms with E-state index >= 15 is 0 Å². The number of ether oxygens (including phenoxy) is 3. The minimum Gasteiger partial charge on any atom is -0.378 e. The number of anilines is 1. The third-order valence-corrected chi connectivity index (χ3v) is 5.11. The van der Waals surface area contributed by atoms with Crippen molar-refractivity contribution < 1.29 is 19.0 Å². The first-order chi connectivity index (χ1) is 13.1. The number of carbonyl (C=O) groups excluding carboxylic acids is 1. The topological polar surface area (TPSA) is 69.1 Å². The summed E-state index contributed by atoms with van der Waals surface area (Å²) < 4.78 is 18.6. The second kappa shape index (κ2) is 7.84. The van der Waals surface area contributed by atoms with Gasteiger partial charge in [-0.1, -0.05) is 0 Å². The molecule has 0 N–H and O–H groups in total. The van der Waals surface area contributed by atoms with E-state index in [0.717, 1.165) is 30.1 Å². The molecule has 2 aromatic rings. The molecule has 2 aliphatic heterocycles. The summed E-state index contributed by atoms with van der Waals surface area (Å²) in [5.74, 6) is 0.878. The minimum absolute atomic E-state index is 0.0374. The van der Waals surface area contributed by atoms with E-state index in [0.29, 0.717) is 45.1 Å². The monoisotopic (exact) mass is 374 g/mol. The van der Waals surface area contributed by atoms with Gasteiger partial charge in [0.15, 0.2) is 0 Å². The minimum atomic E-state index is -0.0702. The number of fused-ring (bicyclic) bond motifs is 1. The van der Waals surface area contributed by atoms with Gasteiger partial charge >= 0.3 is 0 Å². The number of imidazole rings is 1. The fourth-order valence-corrected chi connectivity index (χ4v) is 3.62. The zero-order valence-corrected chi connectivity index (χ0v) is 15.9. The Bertz CT molecular complexity index is 809. The van der Waals surface area contributed by atoms with Crippen molar-refractivity contribution in [1.82, 2.24) is 14.5 Å². The van der Waals surface area contributed by atoms with E-state index in [-0.39, 0.29) is 12.0 Å². The molecule has 1 amide bonds. The molecule has 1 aromatic carbocycles. The fourth-order valence-electron chi connectivity index (χ4n) is 3.62. The van der Waals surface area contributed by atoms with Gasteiger partial charge in [0.05, 0.1) is 50.2 Å². The molecular weight excluding hydrogens is 348 g/mol. The molecule has 1 unspecified atom stereocenters. The highest BCUT2D eigenvalue weighted by Crippen LogP contribution is 2.23. The van der Waals surface area contributed by atoms with Crippen LogP contribution in [0.15, 0.2) is 18.2 Å². The Morgan fingerprint density at radius 1 is 1.22 bits per heavy atom. The number of morpholine rings is 1. The second-order valence-corrected chi connectivity index (χ2v) is 7.03. The molecule has 146 valence electrons. The van der Waals surface area contributed by atoms with Gasteiger partial charge < -0.3 is 28.6 Å². The lowest BCUT2D eigenvalue weighted by molar-refractivity contribution is -0.0933. The van der Waals surface area contributed by atoms with E-state index in [1.807, 2.05) is 25.2 Å². The lowest BCUT2D eigenvalue weighted by atomic mass is 10.1. The molecule has 3 heterocycles. The maximum Gasteiger partial charge on any atom is 0.253 e. The van der Waals surface area contributed by atoms with Crippen LogP contribution < -0.4 is 4.90 Å². The van der Waals surface area contributed by atoms with Crippen molar-refractivity contribution in [3.63, 3.8) is 0 Å². The van der Waals surface area contributed by atoms with Crippen LogP contribution in [0.5, 0.6) is 0 Å². The van der Waals surface area contributed by atoms with E-state index < -0.39 is 0 Å². The Kier molecular flexibility index (Phi) is 5.29. The Morgan fingerprint density at radius 3 is 2.78 bits per heavy atom. The number of amides is 1. The van der Waals surface area contributed by atoms with Crippen molar-refractivity contribution >= 4 is 22.9 Å². The first-order valence-corrected chi connectivity index (χ1v) is 9.37. The summed E-state index contributed by atoms with van der Waals surface area (Å²) >= 11 is 0. The number of benzene rings is 1. The van der Waals surface area contributed by atoms with E-state index in [4.69, 9.17) is 19.2 Å². The van der Waals surface area contributed by atoms with Crippen LogP contribution in [-0.4, -0.2) is 86.2 Å². The summed E-state index contributed by atoms with van der Waals surface area (Å²) in [7, 11) is 3.80. The average Bonchev–Trinajstić information content (AvgIpc) is 3.05. The van der Waals surface area contributed by atoms with Crippen molar-refractivity contribution in [1.29, 1.82) is 0 Å². The summed E-state index contributed by atoms with van der Waals surface area (Å²) in [6, 6.07) is 5.70. The van der Waals surface area contributed by atoms with E-state index in [9.17, 15) is 4.79 Å². The number of aryl methyl sites for hydroxylation is 1. The molecule has 8 nitrogen and oxygen atoms in total. The van der Waals surface area contributed by atoms with Crippen molar-refractivity contribution in [2.75, 3.05) is 64.6 Å². The van der Waals surface area contributed by atoms with Gasteiger partial charge in [-0.05, 0) is 18.2 Å². The van der Waals surface area contributed by atoms with Crippen LogP contribution in [0.1, 0.15) is 10.4 Å². The third-order valence-electron chi connectivity index (χ3n) is 5.11. The van der Waals surface area contributed by atoms with E-state index in [2.05, 4.69) is 9.47 Å². The Balaban J connectivity index is 1.52. The largest absolute Gasteiger partial charge is 0.378 e. The summed E-state index contributed by atoms with van der Waals surface area (Å²) in [6.07, 6.45) is -0.0702. The van der Waals surface area contributed by atoms with Crippen LogP contribution in [0.4, 0.5) is 5.95 Å². The van der Waals surface area contributed by atoms with Crippen molar-refractivity contribution in [3.8, 4) is 0 Å². The number of rotatable bonds is 4. The van der Waals surface area contributed by atoms with Gasteiger partial charge in [0.2, 0.25) is 5.95 Å². The predicted molar refractivity (Wildman–Crippen MR) is 101 cm³/mol. The normalized spacial score (nSPS) is 20.8. The number of hydrogen-bond donors (Lipinski definition) is 0. The summed E-state index contributed by atoms with van der Waals surface area (Å²) in [6.45, 7) is 5.32. The molecule has 0 bridgehead atoms. The third kappa shape index (κ3) is 3.78. The van der Waals surface area contributed by atoms with Crippen LogP contribution in [0.2, 0.25) is 0 Å². The van der Waals surface area contributed by atoms with Crippen molar-refractivity contribution in [3.05, 3.63) is 23.8 Å². The second-order valence-electron chi connectivity index (χ2n) is 7.03. The average molecular weight is 374 g/mol. The van der Waals surface area contributed by atoms with Crippen molar-refractivity contribution in [2.45, 2.75) is 6.10 Å². The number of carbonyl (C=O) groups is 1. The molecule has 2 saturated heterocycles. The zero-order chi connectivity index (χ0) is 18.8. The first kappa shape index (κ1) is 18.2. The molecule has 2 fully saturated rings. The van der Waals surface area contributed by atoms with Crippen LogP contribution in [0.3, 0.4) is 0 Å². The van der Waals surface area contributed by atoms with E-state index in [1.165, 1.54) is 0 Å². The molecule has 0 aliphatic carbocycles. The molecule has 0 saturated carbocycles. The quantitative estimate of drug-likeness (QED) is 0.792. The molecule has 0 radical (unpaired) electrons. The van der Waals surface area contributed by atoms with Crippen LogP contribution in [-0.2, 0) is 21.3 Å². The molecule has 1 aromatic heterocycles. The van der Waals surface area contributed by atoms with E-state index in [1.54, 1.807) is 11.9 Å². The summed E-state index contributed by atoms with van der Waals surface area (Å²) in [5.41, 5.74) is 2.48. The molecule has 0 spiro atoms. The highest BCUT2D eigenvalue weighted by atomic mass is 16.6. The number of likely N-dealkylation sites (N-methyl/N-ethyl adjacent to an activating group) is 1. The maximum atomic E-state index is 12.8. The van der Waals surface area contributed by atoms with Gasteiger partial charge in [-0.15, -0.1) is 0 Å². The maximum absolute atomic E-state index is 12.8. The number of aromatic nitrogens is 2. The van der Waals surface area contributed by atoms with Crippen LogP contribution >= 0.6 is 0 Å². The summed E-state index contributed by atoms with van der Waals surface area (Å²) in [4.78, 5) is 21.5. The highest BCUT2D eigenvalue weighted by Gasteiger charge is 2.22. The number of hydrogen-bond acceptors (Lipinski definition) is 6. The SMILES string of the molecule is CN(CC1COCCO1)C(=O)c1ccc2c(c1)nc(N1CCOCC1)n2C. The molecule has 8 heteroatoms. The summed E-state index contributed by atoms with van der Waals surface area (Å²) in [5, 5.41) is 0. The Labute approximate surface area is 158 Å².